The van der Waals surface area contributed by atoms with Crippen LogP contribution in [0.1, 0.15) is 39.5 Å². The Hall–Kier alpha value is 1.80. The van der Waals surface area contributed by atoms with E-state index in [1.165, 1.54) is 29.8 Å². The molecule has 1 atom stereocenters. The van der Waals surface area contributed by atoms with Crippen LogP contribution < -0.4 is 9.79 Å². The molecule has 0 amide bonds. The van der Waals surface area contributed by atoms with E-state index in [4.69, 9.17) is 0 Å². The summed E-state index contributed by atoms with van der Waals surface area (Å²) in [6, 6.07) is 0. The summed E-state index contributed by atoms with van der Waals surface area (Å²) in [6.45, 7) is 4.59. The van der Waals surface area contributed by atoms with Crippen molar-refractivity contribution >= 4 is 54.5 Å². The zero-order valence-corrected chi connectivity index (χ0v) is 14.6. The molecule has 1 unspecified atom stereocenters. The van der Waals surface area contributed by atoms with Crippen LogP contribution in [0.3, 0.4) is 0 Å². The summed E-state index contributed by atoms with van der Waals surface area (Å²) in [5.41, 5.74) is -3.72. The van der Waals surface area contributed by atoms with Gasteiger partial charge < -0.3 is 27.7 Å². The summed E-state index contributed by atoms with van der Waals surface area (Å²) in [5.74, 6) is 1.05. The van der Waals surface area contributed by atoms with E-state index in [9.17, 15) is 9.79 Å². The van der Waals surface area contributed by atoms with E-state index < -0.39 is 5.69 Å². The monoisotopic (exact) mass is 449 g/mol. The van der Waals surface area contributed by atoms with Crippen molar-refractivity contribution in [3.63, 3.8) is 0 Å². The average Bonchev–Trinajstić information content (AvgIpc) is 2.04. The minimum absolute atomic E-state index is 1.05. The molecule has 0 saturated heterocycles. The van der Waals surface area contributed by atoms with Crippen molar-refractivity contribution < 1.29 is 9.79 Å². The fourth-order valence-electron chi connectivity index (χ4n) is 0.917. The fraction of sp³-hybridized carbons (Fsp3) is 1.00. The molecule has 0 aliphatic carbocycles. The van der Waals surface area contributed by atoms with E-state index in [-0.39, 0.29) is 0 Å². The van der Waals surface area contributed by atoms with Gasteiger partial charge in [-0.15, -0.1) is 0 Å². The van der Waals surface area contributed by atoms with E-state index in [0.29, 0.717) is 0 Å². The van der Waals surface area contributed by atoms with Crippen LogP contribution in [0.5, 0.6) is 0 Å². The van der Waals surface area contributed by atoms with Gasteiger partial charge in [0.1, 0.15) is 0 Å². The summed E-state index contributed by atoms with van der Waals surface area (Å²) >= 11 is 8.86. The van der Waals surface area contributed by atoms with E-state index in [2.05, 4.69) is 37.9 Å². The van der Waals surface area contributed by atoms with Gasteiger partial charge in [0.25, 0.3) is 0 Å². The zero-order valence-electron chi connectivity index (χ0n) is 8.64. The number of hydrogen-bond acceptors (Lipinski definition) is 4. The molecule has 0 heterocycles. The molecule has 0 N–H and O–H groups in total. The standard InChI is InChI=1S/C8H17.Bi.H3O2PS2/c1-4-6-7-8(3)5-2;;1-3(2,4)5/h8H,3-7H2,1-2H3;;(H3,1,2,4,5)/q;+3;/p-3. The van der Waals surface area contributed by atoms with Gasteiger partial charge in [-0.2, -0.15) is 11.8 Å². The third-order valence-corrected chi connectivity index (χ3v) is 3.81. The van der Waals surface area contributed by atoms with Gasteiger partial charge in [-0.05, 0) is 0 Å². The summed E-state index contributed by atoms with van der Waals surface area (Å²) < 4.78 is 1.48. The Morgan fingerprint density at radius 2 is 1.86 bits per heavy atom. The molecular weight excluding hydrogens is 432 g/mol. The smallest absolute Gasteiger partial charge is 0.160 e. The SMILES string of the molecule is CCCCC(CC)[CH2][Bi+3].[O-]P([O-])(=S)[S-]. The van der Waals surface area contributed by atoms with Gasteiger partial charge in [0.15, 0.2) is 0 Å². The normalized spacial score (nSPS) is 12.9. The molecule has 0 aromatic carbocycles. The number of hydrogen-bond donors (Lipinski definition) is 0. The van der Waals surface area contributed by atoms with Gasteiger partial charge in [0, 0.05) is 0 Å². The zero-order chi connectivity index (χ0) is 11.6. The maximum Gasteiger partial charge on any atom is -0.160 e. The van der Waals surface area contributed by atoms with Gasteiger partial charge in [0.2, 0.25) is 0 Å². The predicted molar refractivity (Wildman–Crippen MR) is 65.5 cm³/mol. The molecule has 2 nitrogen and oxygen atoms in total. The predicted octanol–water partition coefficient (Wildman–Crippen LogP) is 1.27. The molecule has 0 rings (SSSR count). The molecule has 0 bridgehead atoms. The van der Waals surface area contributed by atoms with Crippen LogP contribution in [0.2, 0.25) is 4.13 Å². The second kappa shape index (κ2) is 11.3. The Kier molecular flexibility index (Phi) is 14.7. The van der Waals surface area contributed by atoms with Crippen LogP contribution in [-0.2, 0) is 24.1 Å². The van der Waals surface area contributed by atoms with Crippen molar-refractivity contribution in [3.8, 4) is 0 Å². The molecule has 0 aromatic heterocycles. The first kappa shape index (κ1) is 18.2. The van der Waals surface area contributed by atoms with Crippen LogP contribution in [0.4, 0.5) is 0 Å². The average molecular weight is 449 g/mol. The van der Waals surface area contributed by atoms with Gasteiger partial charge >= 0.3 is 74.3 Å². The fourth-order valence-corrected chi connectivity index (χ4v) is 2.63. The molecule has 0 fully saturated rings. The van der Waals surface area contributed by atoms with Crippen LogP contribution >= 0.6 is 5.69 Å². The molecule has 0 aliphatic heterocycles. The van der Waals surface area contributed by atoms with Crippen molar-refractivity contribution in [3.05, 3.63) is 0 Å². The van der Waals surface area contributed by atoms with Crippen molar-refractivity contribution in [1.29, 1.82) is 0 Å². The Morgan fingerprint density at radius 3 is 2.07 bits per heavy atom. The quantitative estimate of drug-likeness (QED) is 0.361. The van der Waals surface area contributed by atoms with E-state index >= 15 is 0 Å². The molecule has 14 heavy (non-hydrogen) atoms. The number of rotatable bonds is 5. The first-order valence-corrected chi connectivity index (χ1v) is 10.8. The summed E-state index contributed by atoms with van der Waals surface area (Å²) in [4.78, 5) is 18.6. The minimum atomic E-state index is -3.72. The Bertz CT molecular complexity index is 151. The molecule has 1 radical (unpaired) electrons. The molecule has 83 valence electrons. The second-order valence-electron chi connectivity index (χ2n) is 3.05. The molecule has 0 aliphatic rings. The van der Waals surface area contributed by atoms with Gasteiger partial charge in [-0.3, -0.25) is 0 Å². The van der Waals surface area contributed by atoms with Gasteiger partial charge in [0.05, 0.1) is 0 Å². The van der Waals surface area contributed by atoms with Crippen molar-refractivity contribution in [2.24, 2.45) is 5.92 Å². The van der Waals surface area contributed by atoms with E-state index in [1.807, 2.05) is 0 Å². The minimum Gasteiger partial charge on any atom is -0.850 e. The number of unbranched alkanes of at least 4 members (excludes halogenated alkanes) is 1. The largest absolute Gasteiger partial charge is 0.850 e. The van der Waals surface area contributed by atoms with Crippen molar-refractivity contribution in [1.82, 2.24) is 0 Å². The van der Waals surface area contributed by atoms with Crippen LogP contribution in [-0.4, -0.2) is 24.7 Å². The van der Waals surface area contributed by atoms with Crippen LogP contribution in [0.25, 0.3) is 0 Å². The van der Waals surface area contributed by atoms with Gasteiger partial charge in [-0.1, -0.05) is 0 Å². The van der Waals surface area contributed by atoms with Crippen LogP contribution in [0.15, 0.2) is 0 Å². The molecular formula is C8H17BiO2PS2. The summed E-state index contributed by atoms with van der Waals surface area (Å²) in [7, 11) is 0. The Morgan fingerprint density at radius 1 is 1.43 bits per heavy atom. The van der Waals surface area contributed by atoms with Crippen molar-refractivity contribution in [2.45, 2.75) is 43.7 Å². The summed E-state index contributed by atoms with van der Waals surface area (Å²) in [6.07, 6.45) is 5.69. The molecule has 6 heteroatoms. The van der Waals surface area contributed by atoms with E-state index in [1.54, 1.807) is 24.7 Å². The molecule has 0 aromatic rings. The maximum absolute atomic E-state index is 9.29. The molecule has 0 spiro atoms. The summed E-state index contributed by atoms with van der Waals surface area (Å²) in [5, 5.41) is 0. The Balaban J connectivity index is 0. The topological polar surface area (TPSA) is 46.1 Å². The van der Waals surface area contributed by atoms with E-state index in [0.717, 1.165) is 5.92 Å². The first-order valence-electron chi connectivity index (χ1n) is 4.69. The third kappa shape index (κ3) is 23.5. The van der Waals surface area contributed by atoms with Crippen LogP contribution in [0, 0.1) is 5.92 Å². The van der Waals surface area contributed by atoms with Gasteiger partial charge in [-0.25, -0.2) is 0 Å². The molecule has 0 saturated carbocycles. The Labute approximate surface area is 113 Å². The van der Waals surface area contributed by atoms with Crippen molar-refractivity contribution in [2.75, 3.05) is 0 Å². The third-order valence-electron chi connectivity index (χ3n) is 1.80. The second-order valence-corrected chi connectivity index (χ2v) is 8.94. The maximum atomic E-state index is 9.29. The first-order chi connectivity index (χ1) is 6.35.